The summed E-state index contributed by atoms with van der Waals surface area (Å²) in [5.74, 6) is -0.619. The van der Waals surface area contributed by atoms with Crippen molar-refractivity contribution in [2.24, 2.45) is 0 Å². The van der Waals surface area contributed by atoms with Crippen LogP contribution in [-0.2, 0) is 9.30 Å². The van der Waals surface area contributed by atoms with Crippen LogP contribution >= 0.6 is 19.2 Å². The molecule has 2 aliphatic rings. The number of aliphatic hydroxyl groups is 3. The zero-order valence-electron chi connectivity index (χ0n) is 23.2. The molecular weight excluding hydrogens is 621 g/mol. The van der Waals surface area contributed by atoms with Crippen LogP contribution in [-0.4, -0.2) is 66.5 Å². The normalized spacial score (nSPS) is 23.2. The van der Waals surface area contributed by atoms with Crippen molar-refractivity contribution in [1.82, 2.24) is 14.5 Å². The van der Waals surface area contributed by atoms with Gasteiger partial charge in [0.1, 0.15) is 59.1 Å². The lowest BCUT2D eigenvalue weighted by molar-refractivity contribution is -0.0773. The number of anilines is 1. The van der Waals surface area contributed by atoms with E-state index in [0.29, 0.717) is 16.9 Å². The fraction of sp³-hybridized carbons (Fsp3) is 0.379. The van der Waals surface area contributed by atoms with Gasteiger partial charge in [-0.15, -0.1) is 0 Å². The van der Waals surface area contributed by atoms with E-state index >= 15 is 0 Å². The van der Waals surface area contributed by atoms with Crippen molar-refractivity contribution in [2.75, 3.05) is 11.5 Å². The molecule has 1 aliphatic heterocycles. The van der Waals surface area contributed by atoms with E-state index in [1.165, 1.54) is 28.8 Å². The number of nitrogens with one attached hydrogen (secondary N) is 1. The molecule has 4 aromatic rings. The first-order valence-electron chi connectivity index (χ1n) is 14.1. The number of rotatable bonds is 10. The second-order valence-electron chi connectivity index (χ2n) is 10.9. The Morgan fingerprint density at radius 3 is 2.16 bits per heavy atom. The van der Waals surface area contributed by atoms with Gasteiger partial charge in [-0.3, -0.25) is 0 Å². The third-order valence-corrected chi connectivity index (χ3v) is 9.66. The van der Waals surface area contributed by atoms with E-state index in [1.807, 2.05) is 0 Å². The highest BCUT2D eigenvalue weighted by Gasteiger charge is 2.49. The van der Waals surface area contributed by atoms with Gasteiger partial charge in [0.05, 0.1) is 11.5 Å². The van der Waals surface area contributed by atoms with Crippen molar-refractivity contribution in [3.8, 4) is 11.5 Å². The largest absolute Gasteiger partial charge is 0.433 e. The molecule has 3 heterocycles. The van der Waals surface area contributed by atoms with Crippen LogP contribution in [0, 0.1) is 11.6 Å². The first-order chi connectivity index (χ1) is 21.1. The number of hydrogen-bond donors (Lipinski definition) is 4. The van der Waals surface area contributed by atoms with Gasteiger partial charge in [-0.05, 0) is 79.0 Å². The summed E-state index contributed by atoms with van der Waals surface area (Å²) in [5, 5.41) is 37.1. The topological polar surface area (TPSA) is 148 Å². The Morgan fingerprint density at radius 2 is 1.57 bits per heavy atom. The molecule has 0 radical (unpaired) electrons. The summed E-state index contributed by atoms with van der Waals surface area (Å²) in [4.78, 5) is 8.65. The number of aromatic nitrogens is 3. The van der Waals surface area contributed by atoms with Gasteiger partial charge in [-0.2, -0.15) is 4.98 Å². The lowest BCUT2D eigenvalue weighted by atomic mass is 10.1. The number of hydrogen-bond acceptors (Lipinski definition) is 10. The predicted octanol–water partition coefficient (Wildman–Crippen LogP) is 5.05. The Kier molecular flexibility index (Phi) is 8.78. The highest BCUT2D eigenvalue weighted by atomic mass is 35.5. The molecule has 234 valence electrons. The second-order valence-corrected chi connectivity index (χ2v) is 13.1. The van der Waals surface area contributed by atoms with Crippen LogP contribution in [0.15, 0.2) is 60.8 Å². The van der Waals surface area contributed by atoms with Crippen molar-refractivity contribution >= 4 is 36.0 Å². The quantitative estimate of drug-likeness (QED) is 0.136. The smallest absolute Gasteiger partial charge is 0.416 e. The Balaban J connectivity index is 1.24. The number of ether oxygens (including phenoxy) is 1. The van der Waals surface area contributed by atoms with Gasteiger partial charge < -0.3 is 39.0 Å². The molecule has 0 spiro atoms. The van der Waals surface area contributed by atoms with Crippen LogP contribution in [0.5, 0.6) is 11.5 Å². The first-order valence-corrected chi connectivity index (χ1v) is 16.2. The van der Waals surface area contributed by atoms with Gasteiger partial charge in [0, 0.05) is 12.2 Å². The molecule has 15 heteroatoms. The summed E-state index contributed by atoms with van der Waals surface area (Å²) in [6.07, 6.45) is -2.36. The number of halogens is 3. The number of fused-ring (bicyclic) bond motifs is 1. The predicted molar refractivity (Wildman–Crippen MR) is 157 cm³/mol. The lowest BCUT2D eigenvalue weighted by Crippen LogP contribution is -2.41. The van der Waals surface area contributed by atoms with Crippen LogP contribution in [0.2, 0.25) is 5.28 Å². The Morgan fingerprint density at radius 1 is 0.977 bits per heavy atom. The lowest BCUT2D eigenvalue weighted by Gasteiger charge is -2.26. The number of nitrogens with zero attached hydrogens (tertiary/aromatic N) is 3. The van der Waals surface area contributed by atoms with Crippen molar-refractivity contribution in [2.45, 2.75) is 62.4 Å². The molecule has 2 aromatic heterocycles. The zero-order chi connectivity index (χ0) is 31.0. The summed E-state index contributed by atoms with van der Waals surface area (Å²) in [6, 6.07) is 11.2. The highest BCUT2D eigenvalue weighted by Crippen LogP contribution is 2.50. The number of benzene rings is 2. The van der Waals surface area contributed by atoms with Crippen LogP contribution in [0.4, 0.5) is 14.6 Å². The van der Waals surface area contributed by atoms with E-state index in [2.05, 4.69) is 15.3 Å². The summed E-state index contributed by atoms with van der Waals surface area (Å²) >= 11 is 6.24. The molecule has 0 bridgehead atoms. The van der Waals surface area contributed by atoms with Gasteiger partial charge in [0.25, 0.3) is 0 Å². The fourth-order valence-corrected chi connectivity index (χ4v) is 7.46. The third kappa shape index (κ3) is 6.53. The molecule has 1 unspecified atom stereocenters. The highest BCUT2D eigenvalue weighted by molar-refractivity contribution is 7.54. The molecule has 44 heavy (non-hydrogen) atoms. The van der Waals surface area contributed by atoms with Gasteiger partial charge in [0.2, 0.25) is 5.28 Å². The number of aliphatic hydroxyl groups excluding tert-OH is 3. The molecule has 0 amide bonds. The minimum atomic E-state index is -4.32. The van der Waals surface area contributed by atoms with Crippen molar-refractivity contribution in [1.29, 1.82) is 0 Å². The maximum absolute atomic E-state index is 13.9. The SMILES string of the molecule is O=P(CC(O)[C@@H]1O[C@@H](n2ccc3c(NC4CCCC4)nc(Cl)nc32)[C@H](O)[C@@H]1O)(Oc1ccc(F)cc1)Oc1ccc(F)cc1. The molecule has 11 nitrogen and oxygen atoms in total. The van der Waals surface area contributed by atoms with Crippen molar-refractivity contribution in [3.05, 3.63) is 77.7 Å². The van der Waals surface area contributed by atoms with Gasteiger partial charge >= 0.3 is 7.60 Å². The van der Waals surface area contributed by atoms with Crippen molar-refractivity contribution in [3.63, 3.8) is 0 Å². The summed E-state index contributed by atoms with van der Waals surface area (Å²) < 4.78 is 59.5. The standard InChI is InChI=1S/C29H30ClF2N4O7P/c30-29-34-26(33-18-3-1-2-4-18)21-13-14-36(27(21)35-29)28-24(39)23(38)25(41-28)22(37)15-44(40,42-19-9-5-16(31)6-10-19)43-20-11-7-17(32)8-12-20/h5-14,18,22-25,28,37-39H,1-4,15H2,(H,33,34,35)/t22?,23-,24+,25-,28+/m0/s1. The molecule has 5 atom stereocenters. The maximum Gasteiger partial charge on any atom is 0.433 e. The van der Waals surface area contributed by atoms with Gasteiger partial charge in [-0.1, -0.05) is 12.8 Å². The molecule has 1 saturated carbocycles. The maximum atomic E-state index is 13.9. The van der Waals surface area contributed by atoms with E-state index in [1.54, 1.807) is 12.3 Å². The van der Waals surface area contributed by atoms with Crippen molar-refractivity contribution < 1.29 is 42.4 Å². The van der Waals surface area contributed by atoms with Gasteiger partial charge in [0.15, 0.2) is 6.23 Å². The summed E-state index contributed by atoms with van der Waals surface area (Å²) in [6.45, 7) is 0. The van der Waals surface area contributed by atoms with E-state index < -0.39 is 56.0 Å². The van der Waals surface area contributed by atoms with E-state index in [-0.39, 0.29) is 22.8 Å². The first kappa shape index (κ1) is 30.7. The monoisotopic (exact) mass is 650 g/mol. The van der Waals surface area contributed by atoms with E-state index in [4.69, 9.17) is 25.4 Å². The minimum Gasteiger partial charge on any atom is -0.416 e. The average Bonchev–Trinajstić information content (AvgIpc) is 3.71. The van der Waals surface area contributed by atoms with Crippen LogP contribution in [0.25, 0.3) is 11.0 Å². The molecular formula is C29H30ClF2N4O7P. The Bertz CT molecular complexity index is 1600. The molecule has 1 saturated heterocycles. The summed E-state index contributed by atoms with van der Waals surface area (Å²) in [7, 11) is -4.32. The Labute approximate surface area is 255 Å². The molecule has 1 aliphatic carbocycles. The molecule has 2 aromatic carbocycles. The molecule has 6 rings (SSSR count). The summed E-state index contributed by atoms with van der Waals surface area (Å²) in [5.41, 5.74) is 0.335. The van der Waals surface area contributed by atoms with E-state index in [0.717, 1.165) is 49.9 Å². The average molecular weight is 651 g/mol. The van der Waals surface area contributed by atoms with Crippen LogP contribution in [0.3, 0.4) is 0 Å². The fourth-order valence-electron chi connectivity index (χ4n) is 5.56. The minimum absolute atomic E-state index is 0.0211. The molecule has 4 N–H and O–H groups in total. The van der Waals surface area contributed by atoms with E-state index in [9.17, 15) is 28.7 Å². The molecule has 2 fully saturated rings. The third-order valence-electron chi connectivity index (χ3n) is 7.70. The zero-order valence-corrected chi connectivity index (χ0v) is 24.8. The van der Waals surface area contributed by atoms with Crippen LogP contribution < -0.4 is 14.4 Å². The van der Waals surface area contributed by atoms with Crippen LogP contribution in [0.1, 0.15) is 31.9 Å². The Hall–Kier alpha value is -3.32. The second kappa shape index (κ2) is 12.6. The van der Waals surface area contributed by atoms with Gasteiger partial charge in [-0.25, -0.2) is 18.3 Å².